The highest BCUT2D eigenvalue weighted by Gasteiger charge is 2.19. The van der Waals surface area contributed by atoms with Gasteiger partial charge >= 0.3 is 5.97 Å². The Hall–Kier alpha value is -3.44. The van der Waals surface area contributed by atoms with Crippen molar-refractivity contribution in [3.05, 3.63) is 48.2 Å². The lowest BCUT2D eigenvalue weighted by atomic mass is 10.2. The van der Waals surface area contributed by atoms with Gasteiger partial charge in [0.1, 0.15) is 4.83 Å². The zero-order valence-electron chi connectivity index (χ0n) is 16.7. The topological polar surface area (TPSA) is 125 Å². The molecule has 3 N–H and O–H groups in total. The molecular weight excluding hydrogens is 436 g/mol. The molecule has 4 aromatic rings. The molecule has 3 heterocycles. The van der Waals surface area contributed by atoms with Gasteiger partial charge in [0.05, 0.1) is 29.0 Å². The van der Waals surface area contributed by atoms with Gasteiger partial charge in [-0.2, -0.15) is 0 Å². The highest BCUT2D eigenvalue weighted by Crippen LogP contribution is 2.39. The van der Waals surface area contributed by atoms with Crippen LogP contribution in [-0.4, -0.2) is 44.5 Å². The van der Waals surface area contributed by atoms with Crippen LogP contribution in [0.15, 0.2) is 47.8 Å². The summed E-state index contributed by atoms with van der Waals surface area (Å²) >= 11 is 2.72. The largest absolute Gasteiger partial charge is 0.465 e. The summed E-state index contributed by atoms with van der Waals surface area (Å²) in [5, 5.41) is 12.7. The Labute approximate surface area is 185 Å². The molecule has 31 heavy (non-hydrogen) atoms. The number of nitrogens with zero attached hydrogens (tertiary/aromatic N) is 4. The first-order chi connectivity index (χ1) is 15.0. The summed E-state index contributed by atoms with van der Waals surface area (Å²) in [4.78, 5) is 29.8. The smallest absolute Gasteiger partial charge is 0.337 e. The SMILES string of the molecule is COC(=O)c1ccc(NC(=O)CSc2nnc(-c3sc4ncccc4c3N)n2C)cc1. The van der Waals surface area contributed by atoms with E-state index in [1.165, 1.54) is 30.2 Å². The molecule has 158 valence electrons. The van der Waals surface area contributed by atoms with Gasteiger partial charge in [0.25, 0.3) is 0 Å². The fourth-order valence-corrected chi connectivity index (χ4v) is 4.69. The Morgan fingerprint density at radius 1 is 1.23 bits per heavy atom. The van der Waals surface area contributed by atoms with E-state index in [0.717, 1.165) is 15.1 Å². The molecule has 0 aliphatic rings. The number of methoxy groups -OCH3 is 1. The zero-order chi connectivity index (χ0) is 22.0. The summed E-state index contributed by atoms with van der Waals surface area (Å²) in [5.41, 5.74) is 7.90. The van der Waals surface area contributed by atoms with Gasteiger partial charge in [-0.05, 0) is 36.4 Å². The number of benzene rings is 1. The molecule has 0 fully saturated rings. The average Bonchev–Trinajstić information content (AvgIpc) is 3.31. The van der Waals surface area contributed by atoms with Gasteiger partial charge in [0, 0.05) is 24.3 Å². The number of carbonyl (C=O) groups is 2. The number of rotatable bonds is 6. The molecule has 1 aromatic carbocycles. The maximum absolute atomic E-state index is 12.3. The summed E-state index contributed by atoms with van der Waals surface area (Å²) in [6, 6.07) is 10.2. The maximum atomic E-state index is 12.3. The number of nitrogens with one attached hydrogen (secondary N) is 1. The van der Waals surface area contributed by atoms with E-state index in [1.807, 2.05) is 23.7 Å². The van der Waals surface area contributed by atoms with E-state index < -0.39 is 5.97 Å². The van der Waals surface area contributed by atoms with Crippen molar-refractivity contribution in [2.24, 2.45) is 7.05 Å². The number of thioether (sulfide) groups is 1. The number of aromatic nitrogens is 4. The standard InChI is InChI=1S/C20H18N6O3S2/c1-26-17(16-15(21)13-4-3-9-22-18(13)31-16)24-25-20(26)30-10-14(27)23-12-7-5-11(6-8-12)19(28)29-2/h3-9H,10,21H2,1-2H3,(H,23,27). The van der Waals surface area contributed by atoms with Crippen LogP contribution in [0.3, 0.4) is 0 Å². The van der Waals surface area contributed by atoms with Gasteiger partial charge in [0.15, 0.2) is 11.0 Å². The third kappa shape index (κ3) is 4.23. The lowest BCUT2D eigenvalue weighted by Gasteiger charge is -2.06. The molecule has 0 unspecified atom stereocenters. The normalized spacial score (nSPS) is 10.9. The predicted octanol–water partition coefficient (Wildman–Crippen LogP) is 3.19. The quantitative estimate of drug-likeness (QED) is 0.336. The van der Waals surface area contributed by atoms with E-state index in [2.05, 4.69) is 25.2 Å². The number of anilines is 2. The minimum Gasteiger partial charge on any atom is -0.465 e. The predicted molar refractivity (Wildman–Crippen MR) is 121 cm³/mol. The second-order valence-electron chi connectivity index (χ2n) is 6.47. The molecular formula is C20H18N6O3S2. The van der Waals surface area contributed by atoms with Crippen LogP contribution < -0.4 is 11.1 Å². The maximum Gasteiger partial charge on any atom is 0.337 e. The summed E-state index contributed by atoms with van der Waals surface area (Å²) in [7, 11) is 3.15. The molecule has 0 saturated carbocycles. The fourth-order valence-electron chi connectivity index (χ4n) is 2.89. The lowest BCUT2D eigenvalue weighted by molar-refractivity contribution is -0.113. The van der Waals surface area contributed by atoms with Crippen LogP contribution in [0.25, 0.3) is 20.9 Å². The highest BCUT2D eigenvalue weighted by molar-refractivity contribution is 7.99. The number of thiophene rings is 1. The molecule has 11 heteroatoms. The van der Waals surface area contributed by atoms with Crippen LogP contribution in [0, 0.1) is 0 Å². The van der Waals surface area contributed by atoms with Gasteiger partial charge in [-0.1, -0.05) is 11.8 Å². The molecule has 9 nitrogen and oxygen atoms in total. The molecule has 3 aromatic heterocycles. The van der Waals surface area contributed by atoms with Gasteiger partial charge in [-0.3, -0.25) is 4.79 Å². The molecule has 4 rings (SSSR count). The molecule has 0 radical (unpaired) electrons. The summed E-state index contributed by atoms with van der Waals surface area (Å²) in [5.74, 6) is 0.142. The van der Waals surface area contributed by atoms with E-state index >= 15 is 0 Å². The van der Waals surface area contributed by atoms with Gasteiger partial charge < -0.3 is 20.4 Å². The summed E-state index contributed by atoms with van der Waals surface area (Å²) in [6.07, 6.45) is 1.72. The van der Waals surface area contributed by atoms with Crippen LogP contribution in [0.2, 0.25) is 0 Å². The number of hydrogen-bond acceptors (Lipinski definition) is 9. The van der Waals surface area contributed by atoms with Crippen LogP contribution in [-0.2, 0) is 16.6 Å². The number of carbonyl (C=O) groups excluding carboxylic acids is 2. The first-order valence-electron chi connectivity index (χ1n) is 9.11. The van der Waals surface area contributed by atoms with E-state index in [-0.39, 0.29) is 11.7 Å². The van der Waals surface area contributed by atoms with Gasteiger partial charge in [-0.25, -0.2) is 9.78 Å². The number of amides is 1. The van der Waals surface area contributed by atoms with Crippen LogP contribution >= 0.6 is 23.1 Å². The van der Waals surface area contributed by atoms with Gasteiger partial charge in [-0.15, -0.1) is 21.5 Å². The van der Waals surface area contributed by atoms with Crippen molar-refractivity contribution in [3.63, 3.8) is 0 Å². The monoisotopic (exact) mass is 454 g/mol. The Kier molecular flexibility index (Phi) is 5.87. The Morgan fingerprint density at radius 3 is 2.71 bits per heavy atom. The first kappa shape index (κ1) is 20.8. The number of ether oxygens (including phenoxy) is 1. The van der Waals surface area contributed by atoms with Crippen molar-refractivity contribution < 1.29 is 14.3 Å². The molecule has 0 spiro atoms. The van der Waals surface area contributed by atoms with Gasteiger partial charge in [0.2, 0.25) is 5.91 Å². The summed E-state index contributed by atoms with van der Waals surface area (Å²) < 4.78 is 6.47. The molecule has 0 saturated heterocycles. The Balaban J connectivity index is 1.42. The van der Waals surface area contributed by atoms with Crippen molar-refractivity contribution >= 4 is 56.6 Å². The Morgan fingerprint density at radius 2 is 2.00 bits per heavy atom. The molecule has 1 amide bonds. The number of fused-ring (bicyclic) bond motifs is 1. The number of esters is 1. The third-order valence-electron chi connectivity index (χ3n) is 4.46. The Bertz CT molecular complexity index is 1270. The summed E-state index contributed by atoms with van der Waals surface area (Å²) in [6.45, 7) is 0. The number of nitrogens with two attached hydrogens (primary N) is 1. The number of nitrogen functional groups attached to an aromatic ring is 1. The minimum absolute atomic E-state index is 0.147. The molecule has 0 aliphatic heterocycles. The van der Waals surface area contributed by atoms with Crippen molar-refractivity contribution in [2.45, 2.75) is 5.16 Å². The van der Waals surface area contributed by atoms with E-state index in [4.69, 9.17) is 5.73 Å². The van der Waals surface area contributed by atoms with E-state index in [1.54, 1.807) is 30.5 Å². The fraction of sp³-hybridized carbons (Fsp3) is 0.150. The van der Waals surface area contributed by atoms with E-state index in [9.17, 15) is 9.59 Å². The van der Waals surface area contributed by atoms with Crippen molar-refractivity contribution in [1.82, 2.24) is 19.7 Å². The molecule has 0 bridgehead atoms. The molecule has 0 aliphatic carbocycles. The molecule has 0 atom stereocenters. The van der Waals surface area contributed by atoms with Crippen molar-refractivity contribution in [3.8, 4) is 10.7 Å². The van der Waals surface area contributed by atoms with Crippen LogP contribution in [0.5, 0.6) is 0 Å². The van der Waals surface area contributed by atoms with Crippen molar-refractivity contribution in [2.75, 3.05) is 23.9 Å². The first-order valence-corrected chi connectivity index (χ1v) is 10.9. The van der Waals surface area contributed by atoms with Crippen LogP contribution in [0.4, 0.5) is 11.4 Å². The van der Waals surface area contributed by atoms with Crippen molar-refractivity contribution in [1.29, 1.82) is 0 Å². The minimum atomic E-state index is -0.429. The highest BCUT2D eigenvalue weighted by atomic mass is 32.2. The average molecular weight is 455 g/mol. The second kappa shape index (κ2) is 8.74. The third-order valence-corrected chi connectivity index (χ3v) is 6.61. The van der Waals surface area contributed by atoms with Crippen LogP contribution in [0.1, 0.15) is 10.4 Å². The number of hydrogen-bond donors (Lipinski definition) is 2. The number of pyridine rings is 1. The second-order valence-corrected chi connectivity index (χ2v) is 8.41. The zero-order valence-corrected chi connectivity index (χ0v) is 18.3. The lowest BCUT2D eigenvalue weighted by Crippen LogP contribution is -2.14. The van der Waals surface area contributed by atoms with E-state index in [0.29, 0.717) is 27.9 Å².